The van der Waals surface area contributed by atoms with Crippen molar-refractivity contribution in [2.75, 3.05) is 6.61 Å². The van der Waals surface area contributed by atoms with Gasteiger partial charge in [-0.15, -0.1) is 0 Å². The van der Waals surface area contributed by atoms with Crippen molar-refractivity contribution in [2.45, 2.75) is 23.9 Å². The van der Waals surface area contributed by atoms with E-state index in [-0.39, 0.29) is 3.61 Å². The molecule has 1 rings (SSSR count). The molecule has 2 heteroatoms. The van der Waals surface area contributed by atoms with E-state index in [1.807, 2.05) is 6.08 Å². The van der Waals surface area contributed by atoms with Crippen LogP contribution in [0.2, 0.25) is 0 Å². The van der Waals surface area contributed by atoms with Gasteiger partial charge in [0.15, 0.2) is 0 Å². The van der Waals surface area contributed by atoms with Gasteiger partial charge in [0.1, 0.15) is 3.61 Å². The molecule has 0 saturated heterocycles. The lowest BCUT2D eigenvalue weighted by atomic mass is 10.1. The molecule has 1 atom stereocenters. The number of allylic oxidation sites excluding steroid dienone is 3. The topological polar surface area (TPSA) is 9.23 Å². The van der Waals surface area contributed by atoms with Crippen molar-refractivity contribution in [1.29, 1.82) is 0 Å². The average Bonchev–Trinajstić information content (AvgIpc) is 2.03. The Morgan fingerprint density at radius 3 is 3.00 bits per heavy atom. The maximum atomic E-state index is 5.75. The molecule has 0 N–H and O–H groups in total. The molecule has 0 aliphatic carbocycles. The summed E-state index contributed by atoms with van der Waals surface area (Å²) in [7, 11) is 0. The van der Waals surface area contributed by atoms with Crippen LogP contribution in [-0.4, -0.2) is 10.2 Å². The van der Waals surface area contributed by atoms with Crippen molar-refractivity contribution < 1.29 is 4.74 Å². The number of halogens is 1. The summed E-state index contributed by atoms with van der Waals surface area (Å²) in [4.78, 5) is 0. The van der Waals surface area contributed by atoms with Gasteiger partial charge in [0.25, 0.3) is 0 Å². The minimum absolute atomic E-state index is 0.126. The highest BCUT2D eigenvalue weighted by atomic mass is 127. The second-order valence-electron chi connectivity index (χ2n) is 3.60. The van der Waals surface area contributed by atoms with Gasteiger partial charge in [0.2, 0.25) is 0 Å². The molecule has 1 aliphatic rings. The number of ether oxygens (including phenoxy) is 1. The third-order valence-corrected chi connectivity index (χ3v) is 2.55. The molecule has 0 amide bonds. The lowest BCUT2D eigenvalue weighted by Crippen LogP contribution is -2.21. The summed E-state index contributed by atoms with van der Waals surface area (Å²) in [5.41, 5.74) is 2.36. The quantitative estimate of drug-likeness (QED) is 0.489. The smallest absolute Gasteiger partial charge is 0.120 e. The van der Waals surface area contributed by atoms with Crippen LogP contribution >= 0.6 is 22.6 Å². The lowest BCUT2D eigenvalue weighted by molar-refractivity contribution is 0.0706. The van der Waals surface area contributed by atoms with Crippen molar-refractivity contribution in [2.24, 2.45) is 0 Å². The Labute approximate surface area is 93.7 Å². The zero-order valence-corrected chi connectivity index (χ0v) is 10.3. The van der Waals surface area contributed by atoms with E-state index in [1.54, 1.807) is 0 Å². The molecular weight excluding hydrogens is 275 g/mol. The first-order valence-electron chi connectivity index (χ1n) is 4.34. The van der Waals surface area contributed by atoms with E-state index in [9.17, 15) is 0 Å². The van der Waals surface area contributed by atoms with Gasteiger partial charge in [-0.3, -0.25) is 0 Å². The van der Waals surface area contributed by atoms with Gasteiger partial charge in [-0.05, 0) is 42.0 Å². The maximum absolute atomic E-state index is 5.75. The van der Waals surface area contributed by atoms with Crippen LogP contribution < -0.4 is 0 Å². The molecule has 0 fully saturated rings. The summed E-state index contributed by atoms with van der Waals surface area (Å²) in [5.74, 6) is 0. The molecule has 0 aromatic rings. The van der Waals surface area contributed by atoms with Gasteiger partial charge >= 0.3 is 0 Å². The van der Waals surface area contributed by atoms with Gasteiger partial charge in [-0.1, -0.05) is 30.4 Å². The largest absolute Gasteiger partial charge is 0.360 e. The summed E-state index contributed by atoms with van der Waals surface area (Å²) >= 11 is 2.33. The van der Waals surface area contributed by atoms with Crippen LogP contribution in [-0.2, 0) is 4.74 Å². The minimum atomic E-state index is -0.126. The normalized spacial score (nSPS) is 36.8. The Balaban J connectivity index is 2.79. The SMILES string of the molecule is C=C1/C=C\C=C(\C)COC(C)(I)C1. The molecule has 1 aliphatic heterocycles. The first-order valence-corrected chi connectivity index (χ1v) is 5.42. The Kier molecular flexibility index (Phi) is 3.74. The fraction of sp³-hybridized carbons (Fsp3) is 0.455. The van der Waals surface area contributed by atoms with Gasteiger partial charge in [0, 0.05) is 6.42 Å². The van der Waals surface area contributed by atoms with Gasteiger partial charge in [-0.2, -0.15) is 0 Å². The number of hydrogen-bond acceptors (Lipinski definition) is 1. The predicted molar refractivity (Wildman–Crippen MR) is 65.0 cm³/mol. The van der Waals surface area contributed by atoms with Gasteiger partial charge in [0.05, 0.1) is 6.61 Å². The summed E-state index contributed by atoms with van der Waals surface area (Å²) in [6.45, 7) is 8.85. The fourth-order valence-electron chi connectivity index (χ4n) is 1.18. The van der Waals surface area contributed by atoms with Gasteiger partial charge < -0.3 is 4.74 Å². The first-order chi connectivity index (χ1) is 5.99. The molecule has 1 heterocycles. The van der Waals surface area contributed by atoms with Crippen LogP contribution in [0.15, 0.2) is 36.0 Å². The van der Waals surface area contributed by atoms with Crippen molar-refractivity contribution in [1.82, 2.24) is 0 Å². The molecule has 0 saturated carbocycles. The van der Waals surface area contributed by atoms with Gasteiger partial charge in [-0.25, -0.2) is 0 Å². The van der Waals surface area contributed by atoms with Crippen molar-refractivity contribution in [3.8, 4) is 0 Å². The minimum Gasteiger partial charge on any atom is -0.360 e. The fourth-order valence-corrected chi connectivity index (χ4v) is 1.82. The summed E-state index contributed by atoms with van der Waals surface area (Å²) in [6, 6.07) is 0. The Morgan fingerprint density at radius 2 is 2.31 bits per heavy atom. The molecular formula is C11H15IO. The standard InChI is InChI=1S/C11H15IO/c1-9-5-4-6-10(2)8-13-11(3,12)7-9/h4-6H,1,7-8H2,2-3H3/b5-4-,10-6-. The third kappa shape index (κ3) is 4.09. The number of alkyl halides is 1. The highest BCUT2D eigenvalue weighted by Gasteiger charge is 2.21. The van der Waals surface area contributed by atoms with E-state index < -0.39 is 0 Å². The monoisotopic (exact) mass is 290 g/mol. The van der Waals surface area contributed by atoms with Crippen LogP contribution in [0.25, 0.3) is 0 Å². The Bertz CT molecular complexity index is 261. The molecule has 0 radical (unpaired) electrons. The average molecular weight is 290 g/mol. The zero-order valence-electron chi connectivity index (χ0n) is 8.14. The number of hydrogen-bond donors (Lipinski definition) is 0. The molecule has 1 nitrogen and oxygen atoms in total. The van der Waals surface area contributed by atoms with E-state index in [2.05, 4.69) is 55.2 Å². The van der Waals surface area contributed by atoms with E-state index >= 15 is 0 Å². The van der Waals surface area contributed by atoms with Crippen molar-refractivity contribution in [3.63, 3.8) is 0 Å². The van der Waals surface area contributed by atoms with E-state index in [1.165, 1.54) is 5.57 Å². The summed E-state index contributed by atoms with van der Waals surface area (Å²) in [6.07, 6.45) is 7.04. The van der Waals surface area contributed by atoms with Crippen molar-refractivity contribution in [3.05, 3.63) is 36.0 Å². The van der Waals surface area contributed by atoms with E-state index in [0.717, 1.165) is 12.0 Å². The predicted octanol–water partition coefficient (Wildman–Crippen LogP) is 3.62. The molecule has 0 bridgehead atoms. The lowest BCUT2D eigenvalue weighted by Gasteiger charge is -2.23. The highest BCUT2D eigenvalue weighted by molar-refractivity contribution is 14.1. The van der Waals surface area contributed by atoms with Crippen LogP contribution in [0.4, 0.5) is 0 Å². The first kappa shape index (κ1) is 11.0. The van der Waals surface area contributed by atoms with Crippen LogP contribution in [0, 0.1) is 0 Å². The second-order valence-corrected chi connectivity index (χ2v) is 5.88. The molecule has 13 heavy (non-hydrogen) atoms. The maximum Gasteiger partial charge on any atom is 0.120 e. The Hall–Kier alpha value is -0.0900. The van der Waals surface area contributed by atoms with E-state index in [4.69, 9.17) is 4.74 Å². The molecule has 0 aromatic carbocycles. The van der Waals surface area contributed by atoms with Crippen LogP contribution in [0.3, 0.4) is 0 Å². The van der Waals surface area contributed by atoms with Crippen LogP contribution in [0.5, 0.6) is 0 Å². The van der Waals surface area contributed by atoms with Crippen LogP contribution in [0.1, 0.15) is 20.3 Å². The summed E-state index contributed by atoms with van der Waals surface area (Å²) in [5, 5.41) is 0. The third-order valence-electron chi connectivity index (χ3n) is 1.86. The Morgan fingerprint density at radius 1 is 1.62 bits per heavy atom. The van der Waals surface area contributed by atoms with E-state index in [0.29, 0.717) is 6.61 Å². The molecule has 0 aromatic heterocycles. The highest BCUT2D eigenvalue weighted by Crippen LogP contribution is 2.29. The second kappa shape index (κ2) is 4.42. The number of rotatable bonds is 0. The van der Waals surface area contributed by atoms with Crippen molar-refractivity contribution >= 4 is 22.6 Å². The summed E-state index contributed by atoms with van der Waals surface area (Å²) < 4.78 is 5.62. The molecule has 1 unspecified atom stereocenters. The molecule has 72 valence electrons. The zero-order chi connectivity index (χ0) is 9.90. The molecule has 0 spiro atoms.